The summed E-state index contributed by atoms with van der Waals surface area (Å²) in [5.74, 6) is 0.587. The maximum absolute atomic E-state index is 9.48. The Kier molecular flexibility index (Phi) is 5.34. The Balaban J connectivity index is 1.86. The van der Waals surface area contributed by atoms with Gasteiger partial charge in [-0.15, -0.1) is 0 Å². The second kappa shape index (κ2) is 7.85. The van der Waals surface area contributed by atoms with E-state index in [1.807, 2.05) is 18.2 Å². The van der Waals surface area contributed by atoms with Crippen LogP contribution in [0.2, 0.25) is 5.15 Å². The Hall–Kier alpha value is -3.11. The van der Waals surface area contributed by atoms with Crippen LogP contribution in [0, 0.1) is 34.0 Å². The zero-order chi connectivity index (χ0) is 18.5. The van der Waals surface area contributed by atoms with Crippen LogP contribution in [0.4, 0.5) is 5.82 Å². The molecule has 0 amide bonds. The molecule has 0 spiro atoms. The molecule has 1 N–H and O–H groups in total. The SMILES string of the molecule is N#CCNc1nc(Cl)c(C#N)c2c1CCN(Cc1ccc(C#N)cc1)C2. The Bertz CT molecular complexity index is 946. The lowest BCUT2D eigenvalue weighted by Crippen LogP contribution is -2.31. The summed E-state index contributed by atoms with van der Waals surface area (Å²) in [4.78, 5) is 6.49. The first-order valence-corrected chi connectivity index (χ1v) is 8.47. The van der Waals surface area contributed by atoms with Gasteiger partial charge >= 0.3 is 0 Å². The molecule has 0 atom stereocenters. The van der Waals surface area contributed by atoms with Crippen LogP contribution < -0.4 is 5.32 Å². The molecule has 3 rings (SSSR count). The van der Waals surface area contributed by atoms with E-state index in [9.17, 15) is 5.26 Å². The van der Waals surface area contributed by atoms with E-state index in [0.717, 1.165) is 36.2 Å². The fraction of sp³-hybridized carbons (Fsp3) is 0.263. The summed E-state index contributed by atoms with van der Waals surface area (Å²) in [6.45, 7) is 2.25. The van der Waals surface area contributed by atoms with E-state index in [1.54, 1.807) is 12.1 Å². The van der Waals surface area contributed by atoms with Crippen molar-refractivity contribution in [1.29, 1.82) is 15.8 Å². The van der Waals surface area contributed by atoms with Crippen molar-refractivity contribution in [2.45, 2.75) is 19.5 Å². The monoisotopic (exact) mass is 362 g/mol. The molecule has 0 unspecified atom stereocenters. The van der Waals surface area contributed by atoms with Gasteiger partial charge in [-0.1, -0.05) is 23.7 Å². The molecule has 0 aliphatic carbocycles. The summed E-state index contributed by atoms with van der Waals surface area (Å²) in [6, 6.07) is 13.8. The standard InChI is InChI=1S/C19H15ClN6/c20-18-16(10-23)17-12-26(11-14-3-1-13(9-22)2-4-14)8-5-15(17)19(25-18)24-7-6-21/h1-4H,5,7-8,11-12H2,(H,24,25). The molecular formula is C19H15ClN6. The van der Waals surface area contributed by atoms with Gasteiger partial charge in [0.05, 0.1) is 23.3 Å². The molecule has 2 heterocycles. The van der Waals surface area contributed by atoms with Crippen molar-refractivity contribution >= 4 is 17.4 Å². The van der Waals surface area contributed by atoms with E-state index >= 15 is 0 Å². The number of pyridine rings is 1. The van der Waals surface area contributed by atoms with Gasteiger partial charge in [0.2, 0.25) is 0 Å². The fourth-order valence-corrected chi connectivity index (χ4v) is 3.36. The smallest absolute Gasteiger partial charge is 0.149 e. The van der Waals surface area contributed by atoms with Gasteiger partial charge in [0.25, 0.3) is 0 Å². The minimum atomic E-state index is 0.136. The van der Waals surface area contributed by atoms with Crippen molar-refractivity contribution in [3.63, 3.8) is 0 Å². The number of aromatic nitrogens is 1. The van der Waals surface area contributed by atoms with Gasteiger partial charge < -0.3 is 5.32 Å². The second-order valence-corrected chi connectivity index (χ2v) is 6.33. The number of nitrogens with one attached hydrogen (secondary N) is 1. The number of rotatable bonds is 4. The lowest BCUT2D eigenvalue weighted by atomic mass is 9.96. The lowest BCUT2D eigenvalue weighted by Gasteiger charge is -2.30. The minimum Gasteiger partial charge on any atom is -0.357 e. The van der Waals surface area contributed by atoms with Crippen molar-refractivity contribution in [1.82, 2.24) is 9.88 Å². The molecule has 1 aliphatic heterocycles. The van der Waals surface area contributed by atoms with Gasteiger partial charge in [0, 0.05) is 25.2 Å². The van der Waals surface area contributed by atoms with E-state index in [-0.39, 0.29) is 11.7 Å². The number of anilines is 1. The molecule has 7 heteroatoms. The molecule has 128 valence electrons. The minimum absolute atomic E-state index is 0.136. The number of halogens is 1. The average molecular weight is 363 g/mol. The van der Waals surface area contributed by atoms with Crippen LogP contribution in [-0.4, -0.2) is 23.0 Å². The van der Waals surface area contributed by atoms with Crippen LogP contribution in [0.15, 0.2) is 24.3 Å². The zero-order valence-corrected chi connectivity index (χ0v) is 14.7. The van der Waals surface area contributed by atoms with E-state index in [4.69, 9.17) is 22.1 Å². The first kappa shape index (κ1) is 17.7. The van der Waals surface area contributed by atoms with Gasteiger partial charge in [-0.25, -0.2) is 4.98 Å². The molecule has 0 saturated heterocycles. The number of nitrogens with zero attached hydrogens (tertiary/aromatic N) is 5. The molecule has 0 saturated carbocycles. The summed E-state index contributed by atoms with van der Waals surface area (Å²) in [6.07, 6.45) is 0.720. The van der Waals surface area contributed by atoms with Crippen molar-refractivity contribution < 1.29 is 0 Å². The number of fused-ring (bicyclic) bond motifs is 1. The zero-order valence-electron chi connectivity index (χ0n) is 14.0. The Morgan fingerprint density at radius 1 is 1.12 bits per heavy atom. The van der Waals surface area contributed by atoms with Crippen molar-refractivity contribution in [2.75, 3.05) is 18.4 Å². The maximum Gasteiger partial charge on any atom is 0.149 e. The number of benzene rings is 1. The number of hydrogen-bond donors (Lipinski definition) is 1. The molecule has 1 aromatic heterocycles. The third-order valence-corrected chi connectivity index (χ3v) is 4.64. The first-order chi connectivity index (χ1) is 12.7. The predicted molar refractivity (Wildman–Crippen MR) is 97.0 cm³/mol. The highest BCUT2D eigenvalue weighted by molar-refractivity contribution is 6.30. The lowest BCUT2D eigenvalue weighted by molar-refractivity contribution is 0.245. The van der Waals surface area contributed by atoms with E-state index < -0.39 is 0 Å². The van der Waals surface area contributed by atoms with Gasteiger partial charge in [-0.05, 0) is 29.7 Å². The molecule has 26 heavy (non-hydrogen) atoms. The van der Waals surface area contributed by atoms with Gasteiger partial charge in [-0.2, -0.15) is 15.8 Å². The molecule has 1 aromatic carbocycles. The maximum atomic E-state index is 9.48. The summed E-state index contributed by atoms with van der Waals surface area (Å²) < 4.78 is 0. The molecule has 2 aromatic rings. The van der Waals surface area contributed by atoms with Crippen molar-refractivity contribution in [3.8, 4) is 18.2 Å². The van der Waals surface area contributed by atoms with E-state index in [2.05, 4.69) is 27.3 Å². The van der Waals surface area contributed by atoms with Crippen molar-refractivity contribution in [3.05, 3.63) is 57.2 Å². The normalized spacial score (nSPS) is 13.2. The van der Waals surface area contributed by atoms with Crippen LogP contribution in [-0.2, 0) is 19.5 Å². The van der Waals surface area contributed by atoms with Crippen LogP contribution in [0.3, 0.4) is 0 Å². The molecule has 0 fully saturated rings. The van der Waals surface area contributed by atoms with Crippen LogP contribution in [0.5, 0.6) is 0 Å². The predicted octanol–water partition coefficient (Wildman–Crippen LogP) is 2.97. The fourth-order valence-electron chi connectivity index (χ4n) is 3.12. The highest BCUT2D eigenvalue weighted by Crippen LogP contribution is 2.32. The Morgan fingerprint density at radius 3 is 2.54 bits per heavy atom. The highest BCUT2D eigenvalue weighted by atomic mass is 35.5. The topological polar surface area (TPSA) is 99.5 Å². The molecule has 0 bridgehead atoms. The van der Waals surface area contributed by atoms with E-state index in [0.29, 0.717) is 23.5 Å². The summed E-state index contributed by atoms with van der Waals surface area (Å²) >= 11 is 6.18. The average Bonchev–Trinajstić information content (AvgIpc) is 2.66. The number of nitriles is 3. The Morgan fingerprint density at radius 2 is 1.88 bits per heavy atom. The number of hydrogen-bond acceptors (Lipinski definition) is 6. The molecule has 1 aliphatic rings. The quantitative estimate of drug-likeness (QED) is 0.663. The molecule has 6 nitrogen and oxygen atoms in total. The molecule has 0 radical (unpaired) electrons. The second-order valence-electron chi connectivity index (χ2n) is 5.98. The van der Waals surface area contributed by atoms with Gasteiger partial charge in [-0.3, -0.25) is 4.90 Å². The molecular weight excluding hydrogens is 348 g/mol. The van der Waals surface area contributed by atoms with Crippen LogP contribution in [0.25, 0.3) is 0 Å². The summed E-state index contributed by atoms with van der Waals surface area (Å²) in [7, 11) is 0. The summed E-state index contributed by atoms with van der Waals surface area (Å²) in [5, 5.41) is 30.3. The van der Waals surface area contributed by atoms with Crippen molar-refractivity contribution in [2.24, 2.45) is 0 Å². The Labute approximate surface area is 156 Å². The first-order valence-electron chi connectivity index (χ1n) is 8.09. The van der Waals surface area contributed by atoms with E-state index in [1.165, 1.54) is 0 Å². The third-order valence-electron chi connectivity index (χ3n) is 4.36. The van der Waals surface area contributed by atoms with Crippen LogP contribution in [0.1, 0.15) is 27.8 Å². The summed E-state index contributed by atoms with van der Waals surface area (Å²) in [5.41, 5.74) is 3.96. The van der Waals surface area contributed by atoms with Crippen LogP contribution >= 0.6 is 11.6 Å². The highest BCUT2D eigenvalue weighted by Gasteiger charge is 2.25. The van der Waals surface area contributed by atoms with Gasteiger partial charge in [0.1, 0.15) is 23.6 Å². The van der Waals surface area contributed by atoms with Gasteiger partial charge in [0.15, 0.2) is 0 Å². The largest absolute Gasteiger partial charge is 0.357 e. The third kappa shape index (κ3) is 3.60.